The van der Waals surface area contributed by atoms with Gasteiger partial charge in [-0.2, -0.15) is 13.2 Å². The van der Waals surface area contributed by atoms with E-state index in [0.29, 0.717) is 4.57 Å². The Labute approximate surface area is 94.3 Å². The molecule has 0 aliphatic rings. The zero-order valence-electron chi connectivity index (χ0n) is 9.13. The highest BCUT2D eigenvalue weighted by molar-refractivity contribution is 5.88. The molecule has 4 nitrogen and oxygen atoms in total. The highest BCUT2D eigenvalue weighted by Crippen LogP contribution is 2.18. The third kappa shape index (κ3) is 2.86. The first-order chi connectivity index (χ1) is 7.63. The molecule has 1 aromatic heterocycles. The van der Waals surface area contributed by atoms with E-state index in [-0.39, 0.29) is 11.3 Å². The molecule has 0 saturated heterocycles. The summed E-state index contributed by atoms with van der Waals surface area (Å²) in [5.74, 6) is -1.52. The quantitative estimate of drug-likeness (QED) is 0.868. The number of halogens is 3. The predicted molar refractivity (Wildman–Crippen MR) is 53.2 cm³/mol. The Bertz CT molecular complexity index is 517. The minimum atomic E-state index is -4.57. The molecule has 0 fully saturated rings. The van der Waals surface area contributed by atoms with Crippen LogP contribution in [0.5, 0.6) is 0 Å². The molecule has 1 aromatic rings. The fourth-order valence-corrected chi connectivity index (χ4v) is 1.56. The maximum atomic E-state index is 12.2. The van der Waals surface area contributed by atoms with Crippen LogP contribution in [0.15, 0.2) is 10.9 Å². The van der Waals surface area contributed by atoms with E-state index in [1.54, 1.807) is 0 Å². The summed E-state index contributed by atoms with van der Waals surface area (Å²) in [6, 6.07) is 1.25. The average molecular weight is 249 g/mol. The smallest absolute Gasteiger partial charge is 0.406 e. The largest absolute Gasteiger partial charge is 0.477 e. The highest BCUT2D eigenvalue weighted by atomic mass is 19.4. The second-order valence-electron chi connectivity index (χ2n) is 3.66. The van der Waals surface area contributed by atoms with Crippen molar-refractivity contribution >= 4 is 5.97 Å². The summed E-state index contributed by atoms with van der Waals surface area (Å²) in [6.07, 6.45) is -4.57. The summed E-state index contributed by atoms with van der Waals surface area (Å²) < 4.78 is 37.1. The number of rotatable bonds is 2. The van der Waals surface area contributed by atoms with Gasteiger partial charge in [-0.3, -0.25) is 4.79 Å². The number of carboxylic acids is 1. The molecule has 0 saturated carbocycles. The van der Waals surface area contributed by atoms with E-state index in [0.717, 1.165) is 0 Å². The number of pyridine rings is 1. The second-order valence-corrected chi connectivity index (χ2v) is 3.66. The summed E-state index contributed by atoms with van der Waals surface area (Å²) in [4.78, 5) is 22.4. The average Bonchev–Trinajstić information content (AvgIpc) is 2.09. The summed E-state index contributed by atoms with van der Waals surface area (Å²) in [5, 5.41) is 8.77. The van der Waals surface area contributed by atoms with Gasteiger partial charge in [0.1, 0.15) is 12.1 Å². The number of hydrogen-bond acceptors (Lipinski definition) is 2. The number of aryl methyl sites for hydroxylation is 2. The lowest BCUT2D eigenvalue weighted by molar-refractivity contribution is -0.141. The SMILES string of the molecule is Cc1cc(C)n(CC(F)(F)F)c(=O)c1C(=O)O. The van der Waals surface area contributed by atoms with Crippen LogP contribution in [0.25, 0.3) is 0 Å². The Balaban J connectivity index is 3.47. The molecule has 0 bridgehead atoms. The molecule has 1 N–H and O–H groups in total. The lowest BCUT2D eigenvalue weighted by Crippen LogP contribution is -2.33. The molecule has 0 atom stereocenters. The number of alkyl halides is 3. The molecule has 1 heterocycles. The Kier molecular flexibility index (Phi) is 3.30. The molecule has 7 heteroatoms. The number of hydrogen-bond donors (Lipinski definition) is 1. The van der Waals surface area contributed by atoms with Crippen LogP contribution in [0.3, 0.4) is 0 Å². The fourth-order valence-electron chi connectivity index (χ4n) is 1.56. The number of aromatic carboxylic acids is 1. The molecule has 17 heavy (non-hydrogen) atoms. The minimum Gasteiger partial charge on any atom is -0.477 e. The van der Waals surface area contributed by atoms with Crippen LogP contribution in [0.4, 0.5) is 13.2 Å². The highest BCUT2D eigenvalue weighted by Gasteiger charge is 2.30. The molecule has 0 aliphatic heterocycles. The van der Waals surface area contributed by atoms with Crippen molar-refractivity contribution in [1.82, 2.24) is 4.57 Å². The van der Waals surface area contributed by atoms with Crippen LogP contribution in [-0.4, -0.2) is 21.8 Å². The first-order valence-corrected chi connectivity index (χ1v) is 4.64. The van der Waals surface area contributed by atoms with Gasteiger partial charge in [0.25, 0.3) is 5.56 Å². The van der Waals surface area contributed by atoms with E-state index in [9.17, 15) is 22.8 Å². The number of carboxylic acid groups (broad SMARTS) is 1. The summed E-state index contributed by atoms with van der Waals surface area (Å²) in [6.45, 7) is 1.21. The lowest BCUT2D eigenvalue weighted by atomic mass is 10.1. The van der Waals surface area contributed by atoms with Gasteiger partial charge in [0.2, 0.25) is 0 Å². The van der Waals surface area contributed by atoms with Crippen molar-refractivity contribution in [1.29, 1.82) is 0 Å². The number of carbonyl (C=O) groups is 1. The van der Waals surface area contributed by atoms with Crippen molar-refractivity contribution in [3.05, 3.63) is 33.2 Å². The standard InChI is InChI=1S/C10H10F3NO3/c1-5-3-6(2)14(4-10(11,12)13)8(15)7(5)9(16)17/h3H,4H2,1-2H3,(H,16,17). The fraction of sp³-hybridized carbons (Fsp3) is 0.400. The zero-order chi connectivity index (χ0) is 13.4. The van der Waals surface area contributed by atoms with Crippen molar-refractivity contribution in [3.63, 3.8) is 0 Å². The maximum Gasteiger partial charge on any atom is 0.406 e. The predicted octanol–water partition coefficient (Wildman–Crippen LogP) is 1.73. The Morgan fingerprint density at radius 1 is 1.41 bits per heavy atom. The van der Waals surface area contributed by atoms with E-state index in [1.807, 2.05) is 0 Å². The Hall–Kier alpha value is -1.79. The minimum absolute atomic E-state index is 0.0785. The molecule has 0 aromatic carbocycles. The van der Waals surface area contributed by atoms with Gasteiger partial charge in [-0.05, 0) is 25.5 Å². The van der Waals surface area contributed by atoms with E-state index >= 15 is 0 Å². The molecule has 0 spiro atoms. The van der Waals surface area contributed by atoms with Gasteiger partial charge in [0, 0.05) is 5.69 Å². The van der Waals surface area contributed by atoms with E-state index < -0.39 is 29.8 Å². The summed E-state index contributed by atoms with van der Waals surface area (Å²) in [7, 11) is 0. The van der Waals surface area contributed by atoms with Crippen LogP contribution in [0.1, 0.15) is 21.6 Å². The van der Waals surface area contributed by atoms with Crippen LogP contribution in [-0.2, 0) is 6.54 Å². The molecule has 0 amide bonds. The molecule has 94 valence electrons. The Morgan fingerprint density at radius 2 is 1.94 bits per heavy atom. The van der Waals surface area contributed by atoms with Crippen LogP contribution < -0.4 is 5.56 Å². The van der Waals surface area contributed by atoms with Crippen LogP contribution in [0.2, 0.25) is 0 Å². The normalized spacial score (nSPS) is 11.6. The van der Waals surface area contributed by atoms with Crippen LogP contribution in [0, 0.1) is 13.8 Å². The van der Waals surface area contributed by atoms with Gasteiger partial charge >= 0.3 is 12.1 Å². The topological polar surface area (TPSA) is 59.3 Å². The van der Waals surface area contributed by atoms with Gasteiger partial charge in [0.05, 0.1) is 0 Å². The van der Waals surface area contributed by atoms with Crippen molar-refractivity contribution in [2.75, 3.05) is 0 Å². The van der Waals surface area contributed by atoms with E-state index in [4.69, 9.17) is 5.11 Å². The second kappa shape index (κ2) is 4.23. The van der Waals surface area contributed by atoms with Crippen LogP contribution >= 0.6 is 0 Å². The zero-order valence-corrected chi connectivity index (χ0v) is 9.13. The summed E-state index contributed by atoms with van der Waals surface area (Å²) in [5.41, 5.74) is -1.53. The first-order valence-electron chi connectivity index (χ1n) is 4.64. The molecule has 0 radical (unpaired) electrons. The van der Waals surface area contributed by atoms with Gasteiger partial charge in [-0.25, -0.2) is 4.79 Å². The molecular formula is C10H10F3NO3. The van der Waals surface area contributed by atoms with Gasteiger partial charge < -0.3 is 9.67 Å². The number of aromatic nitrogens is 1. The van der Waals surface area contributed by atoms with Crippen molar-refractivity contribution in [2.24, 2.45) is 0 Å². The lowest BCUT2D eigenvalue weighted by Gasteiger charge is -2.14. The van der Waals surface area contributed by atoms with E-state index in [1.165, 1.54) is 19.9 Å². The van der Waals surface area contributed by atoms with Crippen molar-refractivity contribution in [2.45, 2.75) is 26.6 Å². The molecule has 0 unspecified atom stereocenters. The Morgan fingerprint density at radius 3 is 2.35 bits per heavy atom. The van der Waals surface area contributed by atoms with Gasteiger partial charge in [-0.1, -0.05) is 0 Å². The third-order valence-electron chi connectivity index (χ3n) is 2.26. The van der Waals surface area contributed by atoms with E-state index in [2.05, 4.69) is 0 Å². The molecule has 1 rings (SSSR count). The third-order valence-corrected chi connectivity index (χ3v) is 2.26. The van der Waals surface area contributed by atoms with Gasteiger partial charge in [0.15, 0.2) is 0 Å². The maximum absolute atomic E-state index is 12.2. The molecule has 0 aliphatic carbocycles. The van der Waals surface area contributed by atoms with Crippen molar-refractivity contribution in [3.8, 4) is 0 Å². The van der Waals surface area contributed by atoms with Crippen molar-refractivity contribution < 1.29 is 23.1 Å². The van der Waals surface area contributed by atoms with Gasteiger partial charge in [-0.15, -0.1) is 0 Å². The monoisotopic (exact) mass is 249 g/mol. The number of nitrogens with zero attached hydrogens (tertiary/aromatic N) is 1. The first kappa shape index (κ1) is 13.3. The molecular weight excluding hydrogens is 239 g/mol. The summed E-state index contributed by atoms with van der Waals surface area (Å²) >= 11 is 0.